The molecule has 0 aromatic heterocycles. The first kappa shape index (κ1) is 13.9. The highest BCUT2D eigenvalue weighted by Gasteiger charge is 2.06. The lowest BCUT2D eigenvalue weighted by atomic mass is 10.1. The summed E-state index contributed by atoms with van der Waals surface area (Å²) in [5.41, 5.74) is 3.59. The third kappa shape index (κ3) is 3.74. The number of ether oxygens (including phenoxy) is 1. The van der Waals surface area contributed by atoms with E-state index in [1.165, 1.54) is 11.1 Å². The van der Waals surface area contributed by atoms with Crippen molar-refractivity contribution in [1.29, 1.82) is 0 Å². The Kier molecular flexibility index (Phi) is 4.48. The molecule has 0 fully saturated rings. The van der Waals surface area contributed by atoms with Crippen molar-refractivity contribution in [2.24, 2.45) is 0 Å². The lowest BCUT2D eigenvalue weighted by molar-refractivity contribution is 0.414. The molecule has 0 spiro atoms. The van der Waals surface area contributed by atoms with Crippen LogP contribution >= 0.6 is 15.9 Å². The fourth-order valence-electron chi connectivity index (χ4n) is 1.95. The molecule has 0 aliphatic rings. The number of benzene rings is 2. The quantitative estimate of drug-likeness (QED) is 0.861. The number of hydrogen-bond acceptors (Lipinski definition) is 2. The van der Waals surface area contributed by atoms with Gasteiger partial charge >= 0.3 is 0 Å². The predicted molar refractivity (Wildman–Crippen MR) is 83.9 cm³/mol. The molecule has 2 aromatic rings. The van der Waals surface area contributed by atoms with Crippen molar-refractivity contribution < 1.29 is 4.74 Å². The Morgan fingerprint density at radius 3 is 2.42 bits per heavy atom. The van der Waals surface area contributed by atoms with Crippen LogP contribution in [0.25, 0.3) is 0 Å². The Hall–Kier alpha value is -1.48. The van der Waals surface area contributed by atoms with Crippen LogP contribution in [0, 0.1) is 6.92 Å². The van der Waals surface area contributed by atoms with Gasteiger partial charge in [-0.1, -0.05) is 45.8 Å². The molecule has 100 valence electrons. The molecule has 0 amide bonds. The number of aryl methyl sites for hydroxylation is 1. The van der Waals surface area contributed by atoms with Crippen molar-refractivity contribution in [1.82, 2.24) is 0 Å². The van der Waals surface area contributed by atoms with Gasteiger partial charge in [0.25, 0.3) is 0 Å². The van der Waals surface area contributed by atoms with E-state index in [1.54, 1.807) is 7.11 Å². The standard InChI is InChI=1S/C16H18BrNO/c1-11-4-6-13(7-5-11)12(2)18-15-8-14(17)9-16(10-15)19-3/h4-10,12,18H,1-3H3. The third-order valence-electron chi connectivity index (χ3n) is 3.07. The second-order valence-electron chi connectivity index (χ2n) is 4.66. The average Bonchev–Trinajstić information content (AvgIpc) is 2.38. The second kappa shape index (κ2) is 6.11. The summed E-state index contributed by atoms with van der Waals surface area (Å²) in [6, 6.07) is 14.8. The maximum Gasteiger partial charge on any atom is 0.122 e. The van der Waals surface area contributed by atoms with Crippen LogP contribution in [0.4, 0.5) is 5.69 Å². The van der Waals surface area contributed by atoms with E-state index in [-0.39, 0.29) is 6.04 Å². The van der Waals surface area contributed by atoms with E-state index < -0.39 is 0 Å². The van der Waals surface area contributed by atoms with E-state index in [4.69, 9.17) is 4.74 Å². The highest BCUT2D eigenvalue weighted by Crippen LogP contribution is 2.27. The van der Waals surface area contributed by atoms with Gasteiger partial charge in [-0.25, -0.2) is 0 Å². The van der Waals surface area contributed by atoms with E-state index >= 15 is 0 Å². The molecule has 0 aliphatic heterocycles. The molecule has 2 aromatic carbocycles. The zero-order valence-electron chi connectivity index (χ0n) is 11.4. The molecule has 1 N–H and O–H groups in total. The van der Waals surface area contributed by atoms with Crippen LogP contribution in [-0.2, 0) is 0 Å². The summed E-state index contributed by atoms with van der Waals surface area (Å²) in [6.45, 7) is 4.25. The first-order valence-electron chi connectivity index (χ1n) is 6.26. The van der Waals surface area contributed by atoms with Gasteiger partial charge in [0, 0.05) is 22.3 Å². The monoisotopic (exact) mass is 319 g/mol. The van der Waals surface area contributed by atoms with Gasteiger partial charge in [-0.2, -0.15) is 0 Å². The van der Waals surface area contributed by atoms with Crippen molar-refractivity contribution in [2.75, 3.05) is 12.4 Å². The minimum absolute atomic E-state index is 0.250. The molecule has 19 heavy (non-hydrogen) atoms. The molecule has 3 heteroatoms. The molecule has 0 aliphatic carbocycles. The van der Waals surface area contributed by atoms with Crippen LogP contribution in [-0.4, -0.2) is 7.11 Å². The molecule has 0 saturated heterocycles. The van der Waals surface area contributed by atoms with Crippen molar-refractivity contribution >= 4 is 21.6 Å². The first-order valence-corrected chi connectivity index (χ1v) is 7.05. The summed E-state index contributed by atoms with van der Waals surface area (Å²) in [5, 5.41) is 3.48. The Labute approximate surface area is 122 Å². The minimum Gasteiger partial charge on any atom is -0.497 e. The highest BCUT2D eigenvalue weighted by atomic mass is 79.9. The third-order valence-corrected chi connectivity index (χ3v) is 3.53. The highest BCUT2D eigenvalue weighted by molar-refractivity contribution is 9.10. The fraction of sp³-hybridized carbons (Fsp3) is 0.250. The Morgan fingerprint density at radius 1 is 1.11 bits per heavy atom. The summed E-state index contributed by atoms with van der Waals surface area (Å²) in [7, 11) is 1.68. The van der Waals surface area contributed by atoms with Crippen LogP contribution in [0.15, 0.2) is 46.9 Å². The van der Waals surface area contributed by atoms with E-state index in [1.807, 2.05) is 18.2 Å². The van der Waals surface area contributed by atoms with Gasteiger partial charge in [0.1, 0.15) is 5.75 Å². The molecular formula is C16H18BrNO. The lowest BCUT2D eigenvalue weighted by Crippen LogP contribution is -2.06. The largest absolute Gasteiger partial charge is 0.497 e. The van der Waals surface area contributed by atoms with Gasteiger partial charge in [-0.15, -0.1) is 0 Å². The zero-order chi connectivity index (χ0) is 13.8. The van der Waals surface area contributed by atoms with Crippen LogP contribution < -0.4 is 10.1 Å². The van der Waals surface area contributed by atoms with E-state index in [2.05, 4.69) is 59.4 Å². The molecule has 0 saturated carbocycles. The molecule has 0 bridgehead atoms. The molecule has 2 rings (SSSR count). The Morgan fingerprint density at radius 2 is 1.79 bits per heavy atom. The van der Waals surface area contributed by atoms with Gasteiger partial charge in [0.15, 0.2) is 0 Å². The predicted octanol–water partition coefficient (Wildman–Crippen LogP) is 4.94. The average molecular weight is 320 g/mol. The SMILES string of the molecule is COc1cc(Br)cc(NC(C)c2ccc(C)cc2)c1. The summed E-state index contributed by atoms with van der Waals surface area (Å²) in [4.78, 5) is 0. The summed E-state index contributed by atoms with van der Waals surface area (Å²) < 4.78 is 6.27. The van der Waals surface area contributed by atoms with Crippen LogP contribution in [0.1, 0.15) is 24.1 Å². The van der Waals surface area contributed by atoms with Crippen molar-refractivity contribution in [3.63, 3.8) is 0 Å². The number of nitrogens with one attached hydrogen (secondary N) is 1. The normalized spacial score (nSPS) is 12.0. The van der Waals surface area contributed by atoms with Crippen molar-refractivity contribution in [3.05, 3.63) is 58.1 Å². The van der Waals surface area contributed by atoms with Gasteiger partial charge in [-0.05, 0) is 31.5 Å². The Bertz CT molecular complexity index is 551. The number of halogens is 1. The molecule has 0 heterocycles. The molecule has 1 unspecified atom stereocenters. The summed E-state index contributed by atoms with van der Waals surface area (Å²) in [5.74, 6) is 0.841. The molecule has 0 radical (unpaired) electrons. The topological polar surface area (TPSA) is 21.3 Å². The fourth-order valence-corrected chi connectivity index (χ4v) is 2.42. The molecule has 2 nitrogen and oxygen atoms in total. The van der Waals surface area contributed by atoms with Crippen molar-refractivity contribution in [2.45, 2.75) is 19.9 Å². The lowest BCUT2D eigenvalue weighted by Gasteiger charge is -2.17. The number of methoxy groups -OCH3 is 1. The van der Waals surface area contributed by atoms with Gasteiger partial charge in [0.2, 0.25) is 0 Å². The van der Waals surface area contributed by atoms with Gasteiger partial charge < -0.3 is 10.1 Å². The van der Waals surface area contributed by atoms with E-state index in [0.29, 0.717) is 0 Å². The maximum atomic E-state index is 5.27. The number of hydrogen-bond donors (Lipinski definition) is 1. The van der Waals surface area contributed by atoms with E-state index in [0.717, 1.165) is 15.9 Å². The van der Waals surface area contributed by atoms with Crippen LogP contribution in [0.5, 0.6) is 5.75 Å². The van der Waals surface area contributed by atoms with E-state index in [9.17, 15) is 0 Å². The molecular weight excluding hydrogens is 302 g/mol. The van der Waals surface area contributed by atoms with Crippen LogP contribution in [0.2, 0.25) is 0 Å². The second-order valence-corrected chi connectivity index (χ2v) is 5.57. The van der Waals surface area contributed by atoms with Gasteiger partial charge in [0.05, 0.1) is 7.11 Å². The summed E-state index contributed by atoms with van der Waals surface area (Å²) in [6.07, 6.45) is 0. The smallest absolute Gasteiger partial charge is 0.122 e. The molecule has 1 atom stereocenters. The number of rotatable bonds is 4. The van der Waals surface area contributed by atoms with Crippen molar-refractivity contribution in [3.8, 4) is 5.75 Å². The number of anilines is 1. The maximum absolute atomic E-state index is 5.27. The Balaban J connectivity index is 2.16. The summed E-state index contributed by atoms with van der Waals surface area (Å²) >= 11 is 3.49. The van der Waals surface area contributed by atoms with Crippen LogP contribution in [0.3, 0.4) is 0 Å². The first-order chi connectivity index (χ1) is 9.08. The van der Waals surface area contributed by atoms with Gasteiger partial charge in [-0.3, -0.25) is 0 Å². The minimum atomic E-state index is 0.250. The zero-order valence-corrected chi connectivity index (χ0v) is 13.0.